The summed E-state index contributed by atoms with van der Waals surface area (Å²) in [5.41, 5.74) is 7.88. The second-order valence-corrected chi connectivity index (χ2v) is 5.20. The molecular weight excluding hydrogens is 240 g/mol. The van der Waals surface area contributed by atoms with Gasteiger partial charge in [-0.05, 0) is 57.9 Å². The zero-order valence-corrected chi connectivity index (χ0v) is 12.1. The van der Waals surface area contributed by atoms with Crippen molar-refractivity contribution in [3.05, 3.63) is 23.8 Å². The van der Waals surface area contributed by atoms with E-state index < -0.39 is 0 Å². The topological polar surface area (TPSA) is 67.5 Å². The number of nitrogens with one attached hydrogen (secondary N) is 1. The van der Waals surface area contributed by atoms with Gasteiger partial charge in [-0.15, -0.1) is 0 Å². The molecule has 0 saturated heterocycles. The third-order valence-electron chi connectivity index (χ3n) is 2.70. The minimum Gasteiger partial charge on any atom is -0.489 e. The Balaban J connectivity index is 2.37. The molecule has 4 nitrogen and oxygen atoms in total. The first kappa shape index (κ1) is 15.8. The Bertz CT molecular complexity index is 378. The van der Waals surface area contributed by atoms with Gasteiger partial charge in [0.05, 0.1) is 17.9 Å². The molecule has 19 heavy (non-hydrogen) atoms. The van der Waals surface area contributed by atoms with Crippen molar-refractivity contribution in [1.29, 1.82) is 0 Å². The second kappa shape index (κ2) is 8.02. The summed E-state index contributed by atoms with van der Waals surface area (Å²) in [5, 5.41) is 12.3. The largest absolute Gasteiger partial charge is 0.489 e. The molecule has 108 valence electrons. The predicted octanol–water partition coefficient (Wildman–Crippen LogP) is 1.96. The summed E-state index contributed by atoms with van der Waals surface area (Å²) in [6.45, 7) is 7.29. The SMILES string of the molecule is CC(O)CNCCCc1ccc(OC(C)C)c(N)c1. The minimum absolute atomic E-state index is 0.137. The summed E-state index contributed by atoms with van der Waals surface area (Å²) in [4.78, 5) is 0. The van der Waals surface area contributed by atoms with E-state index in [4.69, 9.17) is 15.6 Å². The van der Waals surface area contributed by atoms with E-state index in [0.717, 1.165) is 25.1 Å². The van der Waals surface area contributed by atoms with Gasteiger partial charge in [0, 0.05) is 6.54 Å². The first-order chi connectivity index (χ1) is 8.99. The fourth-order valence-corrected chi connectivity index (χ4v) is 1.84. The molecule has 0 fully saturated rings. The Morgan fingerprint density at radius 1 is 1.32 bits per heavy atom. The maximum atomic E-state index is 9.11. The van der Waals surface area contributed by atoms with Crippen LogP contribution in [0.2, 0.25) is 0 Å². The predicted molar refractivity (Wildman–Crippen MR) is 79.5 cm³/mol. The van der Waals surface area contributed by atoms with E-state index >= 15 is 0 Å². The molecule has 0 aliphatic rings. The van der Waals surface area contributed by atoms with E-state index in [-0.39, 0.29) is 12.2 Å². The Morgan fingerprint density at radius 2 is 2.05 bits per heavy atom. The van der Waals surface area contributed by atoms with E-state index in [9.17, 15) is 0 Å². The lowest BCUT2D eigenvalue weighted by atomic mass is 10.1. The van der Waals surface area contributed by atoms with Gasteiger partial charge in [0.1, 0.15) is 5.75 Å². The number of aliphatic hydroxyl groups is 1. The molecule has 0 bridgehead atoms. The standard InChI is InChI=1S/C15H26N2O2/c1-11(2)19-15-7-6-13(9-14(15)16)5-4-8-17-10-12(3)18/h6-7,9,11-12,17-18H,4-5,8,10,16H2,1-3H3. The highest BCUT2D eigenvalue weighted by atomic mass is 16.5. The van der Waals surface area contributed by atoms with Gasteiger partial charge in [0.15, 0.2) is 0 Å². The van der Waals surface area contributed by atoms with Crippen molar-refractivity contribution in [2.75, 3.05) is 18.8 Å². The van der Waals surface area contributed by atoms with Crippen LogP contribution in [0.15, 0.2) is 18.2 Å². The van der Waals surface area contributed by atoms with Gasteiger partial charge in [0.25, 0.3) is 0 Å². The van der Waals surface area contributed by atoms with Crippen molar-refractivity contribution in [1.82, 2.24) is 5.32 Å². The Hall–Kier alpha value is -1.26. The molecule has 0 heterocycles. The Morgan fingerprint density at radius 3 is 2.63 bits per heavy atom. The van der Waals surface area contributed by atoms with E-state index in [2.05, 4.69) is 11.4 Å². The van der Waals surface area contributed by atoms with Crippen LogP contribution in [0.25, 0.3) is 0 Å². The van der Waals surface area contributed by atoms with Crippen LogP contribution < -0.4 is 15.8 Å². The number of benzene rings is 1. The zero-order valence-electron chi connectivity index (χ0n) is 12.1. The molecule has 0 radical (unpaired) electrons. The van der Waals surface area contributed by atoms with E-state index in [0.29, 0.717) is 12.2 Å². The summed E-state index contributed by atoms with van der Waals surface area (Å²) in [6, 6.07) is 5.98. The fourth-order valence-electron chi connectivity index (χ4n) is 1.84. The zero-order chi connectivity index (χ0) is 14.3. The summed E-state index contributed by atoms with van der Waals surface area (Å²) in [7, 11) is 0. The van der Waals surface area contributed by atoms with Gasteiger partial charge >= 0.3 is 0 Å². The van der Waals surface area contributed by atoms with Gasteiger partial charge in [-0.25, -0.2) is 0 Å². The molecule has 0 aliphatic carbocycles. The van der Waals surface area contributed by atoms with Crippen LogP contribution in [0.3, 0.4) is 0 Å². The minimum atomic E-state index is -0.289. The molecule has 0 amide bonds. The quantitative estimate of drug-likeness (QED) is 0.497. The number of aliphatic hydroxyl groups excluding tert-OH is 1. The van der Waals surface area contributed by atoms with Gasteiger partial charge in [-0.3, -0.25) is 0 Å². The first-order valence-electron chi connectivity index (χ1n) is 6.93. The summed E-state index contributed by atoms with van der Waals surface area (Å²) in [6.07, 6.45) is 1.84. The summed E-state index contributed by atoms with van der Waals surface area (Å²) < 4.78 is 5.60. The monoisotopic (exact) mass is 266 g/mol. The molecule has 1 atom stereocenters. The smallest absolute Gasteiger partial charge is 0.142 e. The maximum absolute atomic E-state index is 9.11. The molecule has 0 spiro atoms. The molecule has 0 aliphatic heterocycles. The number of nitrogens with two attached hydrogens (primary N) is 1. The van der Waals surface area contributed by atoms with Crippen LogP contribution in [0.4, 0.5) is 5.69 Å². The molecule has 1 rings (SSSR count). The number of nitrogen functional groups attached to an aromatic ring is 1. The fraction of sp³-hybridized carbons (Fsp3) is 0.600. The van der Waals surface area contributed by atoms with Crippen molar-refractivity contribution in [3.63, 3.8) is 0 Å². The van der Waals surface area contributed by atoms with Crippen LogP contribution >= 0.6 is 0 Å². The third-order valence-corrected chi connectivity index (χ3v) is 2.70. The third kappa shape index (κ3) is 6.45. The van der Waals surface area contributed by atoms with Crippen molar-refractivity contribution in [2.24, 2.45) is 0 Å². The second-order valence-electron chi connectivity index (χ2n) is 5.20. The van der Waals surface area contributed by atoms with E-state index in [1.54, 1.807) is 6.92 Å². The molecule has 0 saturated carbocycles. The number of hydrogen-bond acceptors (Lipinski definition) is 4. The lowest BCUT2D eigenvalue weighted by molar-refractivity contribution is 0.191. The lowest BCUT2D eigenvalue weighted by Gasteiger charge is -2.13. The molecule has 4 N–H and O–H groups in total. The summed E-state index contributed by atoms with van der Waals surface area (Å²) in [5.74, 6) is 0.756. The first-order valence-corrected chi connectivity index (χ1v) is 6.93. The number of hydrogen-bond donors (Lipinski definition) is 3. The highest BCUT2D eigenvalue weighted by Gasteiger charge is 2.04. The molecule has 1 aromatic carbocycles. The lowest BCUT2D eigenvalue weighted by Crippen LogP contribution is -2.25. The number of rotatable bonds is 8. The van der Waals surface area contributed by atoms with Crippen molar-refractivity contribution < 1.29 is 9.84 Å². The van der Waals surface area contributed by atoms with Crippen molar-refractivity contribution in [3.8, 4) is 5.75 Å². The Kier molecular flexibility index (Phi) is 6.67. The van der Waals surface area contributed by atoms with Gasteiger partial charge < -0.3 is 20.9 Å². The van der Waals surface area contributed by atoms with Crippen LogP contribution in [0.5, 0.6) is 5.75 Å². The van der Waals surface area contributed by atoms with E-state index in [1.807, 2.05) is 26.0 Å². The van der Waals surface area contributed by atoms with E-state index in [1.165, 1.54) is 5.56 Å². The average Bonchev–Trinajstić information content (AvgIpc) is 2.31. The highest BCUT2D eigenvalue weighted by Crippen LogP contribution is 2.24. The molecule has 1 unspecified atom stereocenters. The highest BCUT2D eigenvalue weighted by molar-refractivity contribution is 5.54. The normalized spacial score (nSPS) is 12.7. The van der Waals surface area contributed by atoms with Crippen LogP contribution in [0.1, 0.15) is 32.8 Å². The maximum Gasteiger partial charge on any atom is 0.142 e. The van der Waals surface area contributed by atoms with Gasteiger partial charge in [-0.1, -0.05) is 6.07 Å². The number of aryl methyl sites for hydroxylation is 1. The number of ether oxygens (including phenoxy) is 1. The van der Waals surface area contributed by atoms with Crippen molar-refractivity contribution >= 4 is 5.69 Å². The molecule has 1 aromatic rings. The van der Waals surface area contributed by atoms with Crippen LogP contribution in [0, 0.1) is 0 Å². The van der Waals surface area contributed by atoms with Crippen molar-refractivity contribution in [2.45, 2.75) is 45.8 Å². The molecule has 0 aromatic heterocycles. The molecule has 4 heteroatoms. The number of anilines is 1. The van der Waals surface area contributed by atoms with Gasteiger partial charge in [0.2, 0.25) is 0 Å². The van der Waals surface area contributed by atoms with Gasteiger partial charge in [-0.2, -0.15) is 0 Å². The Labute approximate surface area is 116 Å². The van der Waals surface area contributed by atoms with Crippen LogP contribution in [-0.4, -0.2) is 30.4 Å². The summed E-state index contributed by atoms with van der Waals surface area (Å²) >= 11 is 0. The average molecular weight is 266 g/mol. The molecular formula is C15H26N2O2. The van der Waals surface area contributed by atoms with Crippen LogP contribution in [-0.2, 0) is 6.42 Å².